The van der Waals surface area contributed by atoms with Crippen molar-refractivity contribution in [2.75, 3.05) is 13.7 Å². The van der Waals surface area contributed by atoms with Crippen LogP contribution < -0.4 is 10.5 Å². The van der Waals surface area contributed by atoms with Gasteiger partial charge >= 0.3 is 5.97 Å². The summed E-state index contributed by atoms with van der Waals surface area (Å²) in [5, 5.41) is 0. The molecular weight excluding hydrogens is 249 g/mol. The summed E-state index contributed by atoms with van der Waals surface area (Å²) in [6, 6.07) is 4.35. The van der Waals surface area contributed by atoms with Crippen LogP contribution in [0.5, 0.6) is 5.75 Å². The lowest BCUT2D eigenvalue weighted by molar-refractivity contribution is -0.146. The molecule has 0 amide bonds. The lowest BCUT2D eigenvalue weighted by Crippen LogP contribution is -2.45. The molecular formula is C14H20FNO3. The predicted octanol–water partition coefficient (Wildman–Crippen LogP) is 2.18. The van der Waals surface area contributed by atoms with Crippen LogP contribution in [0.25, 0.3) is 0 Å². The van der Waals surface area contributed by atoms with Crippen molar-refractivity contribution in [3.05, 3.63) is 29.6 Å². The second-order valence-electron chi connectivity index (χ2n) is 4.77. The van der Waals surface area contributed by atoms with E-state index in [9.17, 15) is 9.18 Å². The molecule has 0 aliphatic carbocycles. The summed E-state index contributed by atoms with van der Waals surface area (Å²) in [5.41, 5.74) is 5.56. The van der Waals surface area contributed by atoms with Crippen molar-refractivity contribution < 1.29 is 18.7 Å². The minimum atomic E-state index is -1.00. The maximum atomic E-state index is 12.9. The van der Waals surface area contributed by atoms with Gasteiger partial charge in [-0.25, -0.2) is 4.39 Å². The molecule has 0 aliphatic rings. The first-order valence-electron chi connectivity index (χ1n) is 6.13. The van der Waals surface area contributed by atoms with Gasteiger partial charge in [-0.05, 0) is 50.5 Å². The molecule has 0 spiro atoms. The van der Waals surface area contributed by atoms with Gasteiger partial charge in [-0.2, -0.15) is 0 Å². The third kappa shape index (κ3) is 4.52. The molecule has 106 valence electrons. The fraction of sp³-hybridized carbons (Fsp3) is 0.500. The Morgan fingerprint density at radius 1 is 1.47 bits per heavy atom. The molecule has 1 aromatic rings. The minimum absolute atomic E-state index is 0.287. The number of rotatable bonds is 6. The number of methoxy groups -OCH3 is 1. The number of carbonyl (C=O) groups is 1. The quantitative estimate of drug-likeness (QED) is 0.635. The number of ether oxygens (including phenoxy) is 2. The summed E-state index contributed by atoms with van der Waals surface area (Å²) in [6.07, 6.45) is 1.07. The number of halogens is 1. The predicted molar refractivity (Wildman–Crippen MR) is 70.5 cm³/mol. The van der Waals surface area contributed by atoms with Gasteiger partial charge in [-0.15, -0.1) is 0 Å². The van der Waals surface area contributed by atoms with E-state index in [1.807, 2.05) is 0 Å². The SMILES string of the molecule is COC(=O)C(C)(N)CCCOc1ccc(F)cc1C. The zero-order valence-corrected chi connectivity index (χ0v) is 11.5. The molecule has 0 radical (unpaired) electrons. The molecule has 1 aromatic carbocycles. The first-order valence-corrected chi connectivity index (χ1v) is 6.13. The zero-order chi connectivity index (χ0) is 14.5. The number of esters is 1. The molecule has 0 saturated carbocycles. The van der Waals surface area contributed by atoms with Gasteiger partial charge in [-0.1, -0.05) is 0 Å². The van der Waals surface area contributed by atoms with Gasteiger partial charge in [0.2, 0.25) is 0 Å². The first kappa shape index (κ1) is 15.4. The molecule has 4 nitrogen and oxygen atoms in total. The second-order valence-corrected chi connectivity index (χ2v) is 4.77. The Morgan fingerprint density at radius 2 is 2.16 bits per heavy atom. The average molecular weight is 269 g/mol. The van der Waals surface area contributed by atoms with Crippen LogP contribution in [0, 0.1) is 12.7 Å². The van der Waals surface area contributed by atoms with E-state index in [-0.39, 0.29) is 5.82 Å². The van der Waals surface area contributed by atoms with Gasteiger partial charge < -0.3 is 15.2 Å². The molecule has 0 fully saturated rings. The Bertz CT molecular complexity index is 446. The zero-order valence-electron chi connectivity index (χ0n) is 11.5. The Balaban J connectivity index is 2.41. The van der Waals surface area contributed by atoms with Crippen molar-refractivity contribution in [3.8, 4) is 5.75 Å². The van der Waals surface area contributed by atoms with Crippen molar-refractivity contribution >= 4 is 5.97 Å². The summed E-state index contributed by atoms with van der Waals surface area (Å²) in [5.74, 6) is -0.0891. The van der Waals surface area contributed by atoms with E-state index in [4.69, 9.17) is 10.5 Å². The molecule has 1 unspecified atom stereocenters. The van der Waals surface area contributed by atoms with Crippen LogP contribution >= 0.6 is 0 Å². The number of hydrogen-bond donors (Lipinski definition) is 1. The van der Waals surface area contributed by atoms with Crippen LogP contribution in [-0.2, 0) is 9.53 Å². The Kier molecular flexibility index (Phi) is 5.30. The summed E-state index contributed by atoms with van der Waals surface area (Å²) in [6.45, 7) is 3.82. The summed E-state index contributed by atoms with van der Waals surface area (Å²) >= 11 is 0. The van der Waals surface area contributed by atoms with E-state index < -0.39 is 11.5 Å². The third-order valence-corrected chi connectivity index (χ3v) is 2.89. The summed E-state index contributed by atoms with van der Waals surface area (Å²) in [7, 11) is 1.31. The molecule has 1 atom stereocenters. The van der Waals surface area contributed by atoms with Gasteiger partial charge in [0, 0.05) is 0 Å². The highest BCUT2D eigenvalue weighted by molar-refractivity contribution is 5.79. The standard InChI is InChI=1S/C14H20FNO3/c1-10-9-11(15)5-6-12(10)19-8-4-7-14(2,16)13(17)18-3/h5-6,9H,4,7-8,16H2,1-3H3. The van der Waals surface area contributed by atoms with Gasteiger partial charge in [0.05, 0.1) is 13.7 Å². The van der Waals surface area contributed by atoms with Gasteiger partial charge in [-0.3, -0.25) is 4.79 Å². The fourth-order valence-electron chi connectivity index (χ4n) is 1.73. The fourth-order valence-corrected chi connectivity index (χ4v) is 1.73. The largest absolute Gasteiger partial charge is 0.493 e. The summed E-state index contributed by atoms with van der Waals surface area (Å²) < 4.78 is 23.0. The van der Waals surface area contributed by atoms with Crippen molar-refractivity contribution in [1.82, 2.24) is 0 Å². The highest BCUT2D eigenvalue weighted by atomic mass is 19.1. The van der Waals surface area contributed by atoms with Crippen molar-refractivity contribution in [1.29, 1.82) is 0 Å². The Morgan fingerprint density at radius 3 is 2.74 bits per heavy atom. The van der Waals surface area contributed by atoms with Crippen LogP contribution in [-0.4, -0.2) is 25.2 Å². The monoisotopic (exact) mass is 269 g/mol. The minimum Gasteiger partial charge on any atom is -0.493 e. The lowest BCUT2D eigenvalue weighted by atomic mass is 9.98. The van der Waals surface area contributed by atoms with Crippen LogP contribution in [0.4, 0.5) is 4.39 Å². The molecule has 1 rings (SSSR count). The van der Waals surface area contributed by atoms with Gasteiger partial charge in [0.15, 0.2) is 0 Å². The molecule has 0 heterocycles. The van der Waals surface area contributed by atoms with Gasteiger partial charge in [0.25, 0.3) is 0 Å². The molecule has 0 aromatic heterocycles. The number of nitrogens with two attached hydrogens (primary N) is 1. The van der Waals surface area contributed by atoms with E-state index in [0.29, 0.717) is 25.2 Å². The van der Waals surface area contributed by atoms with E-state index in [2.05, 4.69) is 4.74 Å². The summed E-state index contributed by atoms with van der Waals surface area (Å²) in [4.78, 5) is 11.4. The lowest BCUT2D eigenvalue weighted by Gasteiger charge is -2.21. The van der Waals surface area contributed by atoms with Crippen molar-refractivity contribution in [2.45, 2.75) is 32.2 Å². The van der Waals surface area contributed by atoms with Crippen LogP contribution in [0.15, 0.2) is 18.2 Å². The van der Waals surface area contributed by atoms with Crippen LogP contribution in [0.1, 0.15) is 25.3 Å². The number of hydrogen-bond acceptors (Lipinski definition) is 4. The number of carbonyl (C=O) groups excluding carboxylic acids is 1. The molecule has 5 heteroatoms. The molecule has 19 heavy (non-hydrogen) atoms. The molecule has 0 bridgehead atoms. The topological polar surface area (TPSA) is 61.5 Å². The third-order valence-electron chi connectivity index (χ3n) is 2.89. The van der Waals surface area contributed by atoms with Crippen LogP contribution in [0.3, 0.4) is 0 Å². The van der Waals surface area contributed by atoms with E-state index in [1.54, 1.807) is 19.9 Å². The van der Waals surface area contributed by atoms with E-state index >= 15 is 0 Å². The molecule has 2 N–H and O–H groups in total. The van der Waals surface area contributed by atoms with Crippen LogP contribution in [0.2, 0.25) is 0 Å². The van der Waals surface area contributed by atoms with Crippen molar-refractivity contribution in [2.24, 2.45) is 5.73 Å². The van der Waals surface area contributed by atoms with E-state index in [0.717, 1.165) is 5.56 Å². The smallest absolute Gasteiger partial charge is 0.325 e. The number of benzene rings is 1. The highest BCUT2D eigenvalue weighted by Gasteiger charge is 2.28. The van der Waals surface area contributed by atoms with Gasteiger partial charge in [0.1, 0.15) is 17.1 Å². The second kappa shape index (κ2) is 6.52. The average Bonchev–Trinajstić information content (AvgIpc) is 2.35. The Hall–Kier alpha value is -1.62. The van der Waals surface area contributed by atoms with E-state index in [1.165, 1.54) is 19.2 Å². The number of aryl methyl sites for hydroxylation is 1. The van der Waals surface area contributed by atoms with Crippen molar-refractivity contribution in [3.63, 3.8) is 0 Å². The maximum absolute atomic E-state index is 12.9. The normalized spacial score (nSPS) is 13.7. The first-order chi connectivity index (χ1) is 8.86. The maximum Gasteiger partial charge on any atom is 0.325 e. The highest BCUT2D eigenvalue weighted by Crippen LogP contribution is 2.19. The Labute approximate surface area is 112 Å². The molecule has 0 saturated heterocycles. The molecule has 0 aliphatic heterocycles.